The minimum Gasteiger partial charge on any atom is -0.391 e. The second kappa shape index (κ2) is 39.2. The van der Waals surface area contributed by atoms with Crippen molar-refractivity contribution in [2.24, 2.45) is 41.2 Å². The van der Waals surface area contributed by atoms with E-state index in [2.05, 4.69) is 31.2 Å². The molecule has 26 nitrogen and oxygen atoms in total. The summed E-state index contributed by atoms with van der Waals surface area (Å²) in [5, 5.41) is 34.5. The number of carbonyl (C=O) groups is 10. The Morgan fingerprint density at radius 3 is 2.02 bits per heavy atom. The number of ether oxygens (including phenoxy) is 2. The van der Waals surface area contributed by atoms with Gasteiger partial charge in [-0.25, -0.2) is 0 Å². The molecule has 0 spiro atoms. The number of hydrogen-bond donors (Lipinski definition) is 7. The first-order chi connectivity index (χ1) is 43.4. The molecule has 1 fully saturated rings. The van der Waals surface area contributed by atoms with Gasteiger partial charge in [0.1, 0.15) is 36.7 Å². The van der Waals surface area contributed by atoms with Gasteiger partial charge in [0.25, 0.3) is 0 Å². The van der Waals surface area contributed by atoms with Crippen molar-refractivity contribution in [3.05, 3.63) is 30.1 Å². The highest BCUT2D eigenvalue weighted by Crippen LogP contribution is 2.30. The topological polar surface area (TPSA) is 336 Å². The number of carbonyl (C=O) groups excluding carboxylic acids is 10. The molecular formula is C67H118N12O14. The molecule has 0 aliphatic carbocycles. The van der Waals surface area contributed by atoms with Crippen molar-refractivity contribution in [1.82, 2.24) is 55.7 Å². The molecular weight excluding hydrogens is 1200 g/mol. The molecule has 8 N–H and O–H groups in total. The van der Waals surface area contributed by atoms with E-state index in [1.54, 1.807) is 34.0 Å². The van der Waals surface area contributed by atoms with Gasteiger partial charge in [0.15, 0.2) is 24.0 Å². The third kappa shape index (κ3) is 25.3. The van der Waals surface area contributed by atoms with Crippen molar-refractivity contribution in [3.8, 4) is 0 Å². The van der Waals surface area contributed by atoms with Gasteiger partial charge in [-0.15, -0.1) is 0 Å². The fourth-order valence-electron chi connectivity index (χ4n) is 11.8. The fourth-order valence-corrected chi connectivity index (χ4v) is 11.8. The number of primary amides is 1. The predicted molar refractivity (Wildman–Crippen MR) is 355 cm³/mol. The second-order valence-electron chi connectivity index (χ2n) is 27.9. The average Bonchev–Trinajstić information content (AvgIpc) is 1.74. The van der Waals surface area contributed by atoms with E-state index in [0.717, 1.165) is 15.5 Å². The van der Waals surface area contributed by atoms with Gasteiger partial charge in [-0.3, -0.25) is 58.4 Å². The zero-order valence-corrected chi connectivity index (χ0v) is 59.6. The van der Waals surface area contributed by atoms with Gasteiger partial charge < -0.3 is 70.7 Å². The number of nitrogens with two attached hydrogens (primary N) is 1. The van der Waals surface area contributed by atoms with E-state index in [0.29, 0.717) is 70.5 Å². The number of aliphatic hydroxyl groups is 2. The summed E-state index contributed by atoms with van der Waals surface area (Å²) in [5.41, 5.74) is 2.94. The first kappa shape index (κ1) is 83.2. The van der Waals surface area contributed by atoms with Crippen LogP contribution in [0.1, 0.15) is 154 Å². The molecule has 93 heavy (non-hydrogen) atoms. The summed E-state index contributed by atoms with van der Waals surface area (Å²) in [4.78, 5) is 150. The molecule has 1 aliphatic rings. The number of rotatable bonds is 43. The van der Waals surface area contributed by atoms with Crippen LogP contribution in [0.15, 0.2) is 24.4 Å². The highest BCUT2D eigenvalue weighted by molar-refractivity contribution is 5.96. The Labute approximate surface area is 554 Å². The Morgan fingerprint density at radius 2 is 1.51 bits per heavy atom. The standard InChI is InChI=1S/C67H118N12O14/c1-21-24-51(61(87)73-66(14,39-81)93-58(44(8)9)65(91)76(17)52(60(68)86)33-42(4)5)70-36-45(10)34-50(38-80)72-67(40-82,35-43(6)7)79(20)54(85)37-75(16)63(89)55(47(12)83)71-62(88)57-59(46(11)28-31-74(15)32-29-49-25-22-23-30-69-49)92-48(13)56(64(90)78(57)19)77(18)53(84)27-26-41(2)3/h22-23,25,30,38-48,50-52,55-59,65,70,72,83,91H,21,24,26-29,31-37H2,1-20H3,(H2,68,86)(H,71,88)(H,73,87). The molecule has 0 saturated carbocycles. The Bertz CT molecular complexity index is 2550. The molecule has 1 saturated heterocycles. The van der Waals surface area contributed by atoms with Gasteiger partial charge >= 0.3 is 0 Å². The summed E-state index contributed by atoms with van der Waals surface area (Å²) >= 11 is 0. The van der Waals surface area contributed by atoms with Crippen molar-refractivity contribution < 1.29 is 67.6 Å². The lowest BCUT2D eigenvalue weighted by atomic mass is 9.92. The van der Waals surface area contributed by atoms with Crippen molar-refractivity contribution >= 4 is 60.2 Å². The fraction of sp³-hybridized carbons (Fsp3) is 0.776. The number of pyridine rings is 1. The molecule has 26 heteroatoms. The zero-order chi connectivity index (χ0) is 71.0. The minimum atomic E-state index is -1.92. The Morgan fingerprint density at radius 1 is 0.860 bits per heavy atom. The Kier molecular flexibility index (Phi) is 35.1. The normalized spacial score (nSPS) is 20.5. The largest absolute Gasteiger partial charge is 0.391 e. The van der Waals surface area contributed by atoms with E-state index in [4.69, 9.17) is 15.2 Å². The first-order valence-electron chi connectivity index (χ1n) is 33.2. The van der Waals surface area contributed by atoms with Crippen LogP contribution in [-0.4, -0.2) is 252 Å². The highest BCUT2D eigenvalue weighted by Gasteiger charge is 2.50. The van der Waals surface area contributed by atoms with E-state index in [1.165, 1.54) is 56.7 Å². The van der Waals surface area contributed by atoms with Crippen molar-refractivity contribution in [1.29, 1.82) is 0 Å². The first-order valence-corrected chi connectivity index (χ1v) is 33.2. The van der Waals surface area contributed by atoms with Crippen molar-refractivity contribution in [3.63, 3.8) is 0 Å². The van der Waals surface area contributed by atoms with Crippen molar-refractivity contribution in [2.75, 3.05) is 68.5 Å². The summed E-state index contributed by atoms with van der Waals surface area (Å²) in [6.45, 7) is 25.8. The van der Waals surface area contributed by atoms with Gasteiger partial charge in [-0.1, -0.05) is 88.6 Å². The van der Waals surface area contributed by atoms with Crippen molar-refractivity contribution in [2.45, 2.75) is 233 Å². The molecule has 530 valence electrons. The maximum absolute atomic E-state index is 14.9. The molecule has 15 unspecified atom stereocenters. The molecule has 0 radical (unpaired) electrons. The highest BCUT2D eigenvalue weighted by atomic mass is 16.5. The number of aliphatic hydroxyl groups excluding tert-OH is 2. The lowest BCUT2D eigenvalue weighted by Gasteiger charge is -2.42. The third-order valence-electron chi connectivity index (χ3n) is 17.6. The average molecular weight is 1320 g/mol. The van der Waals surface area contributed by atoms with Crippen LogP contribution in [0.4, 0.5) is 0 Å². The molecule has 7 amide bonds. The van der Waals surface area contributed by atoms with E-state index in [-0.39, 0.29) is 61.3 Å². The van der Waals surface area contributed by atoms with Crippen LogP contribution >= 0.6 is 0 Å². The smallest absolute Gasteiger partial charge is 0.248 e. The number of aldehydes is 3. The Hall–Kier alpha value is -5.87. The van der Waals surface area contributed by atoms with Crippen LogP contribution in [0.3, 0.4) is 0 Å². The summed E-state index contributed by atoms with van der Waals surface area (Å²) in [6, 6.07) is -1.09. The lowest BCUT2D eigenvalue weighted by Crippen LogP contribution is -2.66. The van der Waals surface area contributed by atoms with Gasteiger partial charge in [0.05, 0.1) is 43.0 Å². The molecule has 1 aromatic heterocycles. The van der Waals surface area contributed by atoms with E-state index in [1.807, 2.05) is 87.6 Å². The molecule has 1 aromatic rings. The van der Waals surface area contributed by atoms with Crippen LogP contribution in [0.2, 0.25) is 0 Å². The van der Waals surface area contributed by atoms with Crippen LogP contribution in [0.25, 0.3) is 0 Å². The molecule has 0 bridgehead atoms. The molecule has 0 aromatic carbocycles. The monoisotopic (exact) mass is 1310 g/mol. The number of nitrogens with zero attached hydrogens (tertiary/aromatic N) is 7. The number of aromatic nitrogens is 1. The van der Waals surface area contributed by atoms with E-state index >= 15 is 0 Å². The quantitative estimate of drug-likeness (QED) is 0.0364. The minimum absolute atomic E-state index is 0.0306. The molecule has 15 atom stereocenters. The number of nitrogens with one attached hydrogen (secondary N) is 4. The lowest BCUT2D eigenvalue weighted by molar-refractivity contribution is -0.193. The van der Waals surface area contributed by atoms with Gasteiger partial charge in [0, 0.05) is 59.5 Å². The summed E-state index contributed by atoms with van der Waals surface area (Å²) in [5.74, 6) is -5.52. The molecule has 2 rings (SSSR count). The number of amides is 7. The predicted octanol–water partition coefficient (Wildman–Crippen LogP) is 2.35. The van der Waals surface area contributed by atoms with Crippen LogP contribution < -0.4 is 27.0 Å². The molecule has 2 heterocycles. The summed E-state index contributed by atoms with van der Waals surface area (Å²) in [7, 11) is 9.18. The van der Waals surface area contributed by atoms with E-state index < -0.39 is 126 Å². The maximum Gasteiger partial charge on any atom is 0.248 e. The second-order valence-corrected chi connectivity index (χ2v) is 27.9. The SMILES string of the molecule is CCCC(NCC(C)CC(C=O)NC(C=O)(CC(C)C)N(C)C(=O)CN(C)C(=O)C(NC(=O)C1C(C(C)CCN(C)CCc2ccccn2)OC(C)C(N(C)C(=O)CCC(C)C)C(=O)N1C)C(C)O)C(=O)NC(C)(C=O)OC(C(C)C)C(O)N(C)C(CC(C)C)C(N)=O. The summed E-state index contributed by atoms with van der Waals surface area (Å²) in [6.07, 6.45) is 0.915. The summed E-state index contributed by atoms with van der Waals surface area (Å²) < 4.78 is 12.9. The Balaban J connectivity index is 2.38. The van der Waals surface area contributed by atoms with Crippen LogP contribution in [0, 0.1) is 35.5 Å². The third-order valence-corrected chi connectivity index (χ3v) is 17.6. The van der Waals surface area contributed by atoms with E-state index in [9.17, 15) is 58.2 Å². The maximum atomic E-state index is 14.9. The van der Waals surface area contributed by atoms with Gasteiger partial charge in [0.2, 0.25) is 41.4 Å². The van der Waals surface area contributed by atoms with Gasteiger partial charge in [-0.2, -0.15) is 0 Å². The van der Waals surface area contributed by atoms with Crippen LogP contribution in [0.5, 0.6) is 0 Å². The number of hydrogen-bond acceptors (Lipinski definition) is 19. The van der Waals surface area contributed by atoms with Crippen LogP contribution in [-0.2, 0) is 63.8 Å². The zero-order valence-electron chi connectivity index (χ0n) is 59.6. The number of likely N-dealkylation sites (N-methyl/N-ethyl adjacent to an activating group) is 6. The molecule has 1 aliphatic heterocycles. The van der Waals surface area contributed by atoms with Gasteiger partial charge in [-0.05, 0) is 134 Å².